The summed E-state index contributed by atoms with van der Waals surface area (Å²) in [6, 6.07) is 25.4. The Kier molecular flexibility index (Phi) is 6.30. The van der Waals surface area contributed by atoms with Crippen LogP contribution in [0.3, 0.4) is 0 Å². The van der Waals surface area contributed by atoms with Gasteiger partial charge in [-0.1, -0.05) is 48.5 Å². The maximum Gasteiger partial charge on any atom is 0.193 e. The summed E-state index contributed by atoms with van der Waals surface area (Å²) >= 11 is 0. The highest BCUT2D eigenvalue weighted by molar-refractivity contribution is 5.92. The largest absolute Gasteiger partial charge is 0.497 e. The Morgan fingerprint density at radius 3 is 2.37 bits per heavy atom. The van der Waals surface area contributed by atoms with E-state index in [4.69, 9.17) is 15.2 Å². The van der Waals surface area contributed by atoms with Crippen LogP contribution >= 0.6 is 0 Å². The monoisotopic (exact) mass is 361 g/mol. The van der Waals surface area contributed by atoms with Gasteiger partial charge >= 0.3 is 0 Å². The molecular weight excluding hydrogens is 338 g/mol. The standard InChI is InChI=1S/C22H23N3O2/c1-26-20-13-11-19(12-14-20)25-22(23)24-15-18-9-5-6-10-21(18)27-16-17-7-3-2-4-8-17/h2-14H,15-16H2,1H3,(H3,23,24,25). The zero-order valence-corrected chi connectivity index (χ0v) is 15.3. The van der Waals surface area contributed by atoms with E-state index in [9.17, 15) is 0 Å². The number of methoxy groups -OCH3 is 1. The number of nitrogens with two attached hydrogens (primary N) is 1. The van der Waals surface area contributed by atoms with Gasteiger partial charge in [-0.05, 0) is 35.9 Å². The van der Waals surface area contributed by atoms with Crippen LogP contribution in [0.25, 0.3) is 0 Å². The lowest BCUT2D eigenvalue weighted by Gasteiger charge is -2.11. The van der Waals surface area contributed by atoms with Crippen molar-refractivity contribution in [2.45, 2.75) is 13.2 Å². The number of ether oxygens (including phenoxy) is 2. The Bertz CT molecular complexity index is 878. The second-order valence-electron chi connectivity index (χ2n) is 5.94. The summed E-state index contributed by atoms with van der Waals surface area (Å²) in [6.45, 7) is 0.946. The zero-order valence-electron chi connectivity index (χ0n) is 15.3. The highest BCUT2D eigenvalue weighted by Gasteiger charge is 2.04. The third-order valence-corrected chi connectivity index (χ3v) is 3.99. The van der Waals surface area contributed by atoms with Gasteiger partial charge in [-0.25, -0.2) is 4.99 Å². The second kappa shape index (κ2) is 9.29. The maximum atomic E-state index is 6.01. The number of para-hydroxylation sites is 1. The van der Waals surface area contributed by atoms with Crippen molar-refractivity contribution in [1.82, 2.24) is 0 Å². The summed E-state index contributed by atoms with van der Waals surface area (Å²) in [6.07, 6.45) is 0. The number of hydrogen-bond donors (Lipinski definition) is 2. The molecule has 0 aliphatic carbocycles. The Labute approximate surface area is 159 Å². The number of anilines is 1. The number of aliphatic imine (C=N–C) groups is 1. The third kappa shape index (κ3) is 5.51. The molecule has 0 atom stereocenters. The molecule has 0 saturated heterocycles. The lowest BCUT2D eigenvalue weighted by Crippen LogP contribution is -2.22. The van der Waals surface area contributed by atoms with Crippen LogP contribution in [0, 0.1) is 0 Å². The molecule has 0 aliphatic rings. The van der Waals surface area contributed by atoms with Crippen molar-refractivity contribution in [2.75, 3.05) is 12.4 Å². The minimum Gasteiger partial charge on any atom is -0.497 e. The normalized spacial score (nSPS) is 11.1. The molecule has 0 spiro atoms. The maximum absolute atomic E-state index is 6.01. The Morgan fingerprint density at radius 2 is 1.63 bits per heavy atom. The number of hydrogen-bond acceptors (Lipinski definition) is 3. The van der Waals surface area contributed by atoms with Crippen LogP contribution in [0.5, 0.6) is 11.5 Å². The van der Waals surface area contributed by atoms with E-state index in [1.807, 2.05) is 78.9 Å². The molecule has 3 rings (SSSR count). The van der Waals surface area contributed by atoms with Crippen LogP contribution < -0.4 is 20.5 Å². The number of benzene rings is 3. The topological polar surface area (TPSA) is 68.9 Å². The summed E-state index contributed by atoms with van der Waals surface area (Å²) in [5.41, 5.74) is 8.96. The van der Waals surface area contributed by atoms with E-state index < -0.39 is 0 Å². The Balaban J connectivity index is 1.61. The molecule has 5 nitrogen and oxygen atoms in total. The van der Waals surface area contributed by atoms with Crippen LogP contribution in [0.1, 0.15) is 11.1 Å². The molecule has 0 heterocycles. The molecule has 0 bridgehead atoms. The van der Waals surface area contributed by atoms with Gasteiger partial charge in [0, 0.05) is 11.3 Å². The molecule has 3 aromatic carbocycles. The summed E-state index contributed by atoms with van der Waals surface area (Å²) in [5, 5.41) is 3.07. The smallest absolute Gasteiger partial charge is 0.193 e. The molecule has 3 aromatic rings. The third-order valence-electron chi connectivity index (χ3n) is 3.99. The van der Waals surface area contributed by atoms with Crippen molar-refractivity contribution in [2.24, 2.45) is 10.7 Å². The molecule has 0 fully saturated rings. The van der Waals surface area contributed by atoms with Crippen LogP contribution in [0.15, 0.2) is 83.9 Å². The van der Waals surface area contributed by atoms with Gasteiger partial charge in [0.05, 0.1) is 13.7 Å². The first-order valence-electron chi connectivity index (χ1n) is 8.70. The van der Waals surface area contributed by atoms with Crippen molar-refractivity contribution in [3.05, 3.63) is 90.0 Å². The highest BCUT2D eigenvalue weighted by Crippen LogP contribution is 2.20. The van der Waals surface area contributed by atoms with Gasteiger partial charge in [0.1, 0.15) is 18.1 Å². The van der Waals surface area contributed by atoms with E-state index in [1.165, 1.54) is 0 Å². The van der Waals surface area contributed by atoms with Gasteiger partial charge in [-0.3, -0.25) is 0 Å². The highest BCUT2D eigenvalue weighted by atomic mass is 16.5. The van der Waals surface area contributed by atoms with Crippen LogP contribution in [0.4, 0.5) is 5.69 Å². The molecule has 0 amide bonds. The van der Waals surface area contributed by atoms with Crippen molar-refractivity contribution in [3.63, 3.8) is 0 Å². The Morgan fingerprint density at radius 1 is 0.926 bits per heavy atom. The lowest BCUT2D eigenvalue weighted by molar-refractivity contribution is 0.303. The summed E-state index contributed by atoms with van der Waals surface area (Å²) in [5.74, 6) is 1.95. The van der Waals surface area contributed by atoms with Crippen LogP contribution in [-0.2, 0) is 13.2 Å². The van der Waals surface area contributed by atoms with E-state index in [0.29, 0.717) is 19.1 Å². The molecule has 3 N–H and O–H groups in total. The van der Waals surface area contributed by atoms with Gasteiger partial charge in [0.25, 0.3) is 0 Å². The van der Waals surface area contributed by atoms with Gasteiger partial charge in [-0.2, -0.15) is 0 Å². The predicted octanol–water partition coefficient (Wildman–Crippen LogP) is 4.20. The molecule has 138 valence electrons. The van der Waals surface area contributed by atoms with E-state index in [-0.39, 0.29) is 0 Å². The summed E-state index contributed by atoms with van der Waals surface area (Å²) in [4.78, 5) is 4.42. The van der Waals surface area contributed by atoms with Crippen molar-refractivity contribution >= 4 is 11.6 Å². The first-order valence-corrected chi connectivity index (χ1v) is 8.70. The van der Waals surface area contributed by atoms with Crippen molar-refractivity contribution < 1.29 is 9.47 Å². The van der Waals surface area contributed by atoms with Gasteiger partial charge < -0.3 is 20.5 Å². The average molecular weight is 361 g/mol. The molecule has 0 radical (unpaired) electrons. The van der Waals surface area contributed by atoms with E-state index in [1.54, 1.807) is 7.11 Å². The summed E-state index contributed by atoms with van der Waals surface area (Å²) in [7, 11) is 1.63. The minimum absolute atomic E-state index is 0.345. The first-order chi connectivity index (χ1) is 13.2. The molecule has 27 heavy (non-hydrogen) atoms. The number of rotatable bonds is 7. The quantitative estimate of drug-likeness (QED) is 0.489. The molecule has 5 heteroatoms. The van der Waals surface area contributed by atoms with E-state index >= 15 is 0 Å². The van der Waals surface area contributed by atoms with Crippen LogP contribution in [0.2, 0.25) is 0 Å². The average Bonchev–Trinajstić information content (AvgIpc) is 2.72. The van der Waals surface area contributed by atoms with Crippen molar-refractivity contribution in [1.29, 1.82) is 0 Å². The SMILES string of the molecule is COc1ccc(NC(N)=NCc2ccccc2OCc2ccccc2)cc1. The molecule has 0 unspecified atom stereocenters. The van der Waals surface area contributed by atoms with E-state index in [0.717, 1.165) is 28.3 Å². The van der Waals surface area contributed by atoms with Crippen molar-refractivity contribution in [3.8, 4) is 11.5 Å². The summed E-state index contributed by atoms with van der Waals surface area (Å²) < 4.78 is 11.1. The molecule has 0 aliphatic heterocycles. The Hall–Kier alpha value is -3.47. The molecular formula is C22H23N3O2. The fourth-order valence-electron chi connectivity index (χ4n) is 2.54. The number of guanidine groups is 1. The fraction of sp³-hybridized carbons (Fsp3) is 0.136. The first kappa shape index (κ1) is 18.3. The van der Waals surface area contributed by atoms with Gasteiger partial charge in [0.15, 0.2) is 5.96 Å². The predicted molar refractivity (Wildman–Crippen MR) is 109 cm³/mol. The van der Waals surface area contributed by atoms with Crippen LogP contribution in [-0.4, -0.2) is 13.1 Å². The van der Waals surface area contributed by atoms with E-state index in [2.05, 4.69) is 10.3 Å². The second-order valence-corrected chi connectivity index (χ2v) is 5.94. The number of nitrogens with one attached hydrogen (secondary N) is 1. The minimum atomic E-state index is 0.345. The molecule has 0 saturated carbocycles. The van der Waals surface area contributed by atoms with Gasteiger partial charge in [-0.15, -0.1) is 0 Å². The zero-order chi connectivity index (χ0) is 18.9. The lowest BCUT2D eigenvalue weighted by atomic mass is 10.2. The van der Waals surface area contributed by atoms with Gasteiger partial charge in [0.2, 0.25) is 0 Å². The fourth-order valence-corrected chi connectivity index (χ4v) is 2.54. The number of nitrogens with zero attached hydrogens (tertiary/aromatic N) is 1. The molecule has 0 aromatic heterocycles.